The number of hydrogen-bond donors (Lipinski definition) is 2. The van der Waals surface area contributed by atoms with E-state index in [0.29, 0.717) is 17.7 Å². The van der Waals surface area contributed by atoms with Gasteiger partial charge in [-0.15, -0.1) is 0 Å². The number of rotatable bonds is 6. The van der Waals surface area contributed by atoms with Crippen molar-refractivity contribution in [3.05, 3.63) is 95.6 Å². The molecule has 0 aromatic heterocycles. The predicted molar refractivity (Wildman–Crippen MR) is 109 cm³/mol. The number of aliphatic hydroxyl groups excluding tert-OH is 1. The third kappa shape index (κ3) is 3.91. The fourth-order valence-corrected chi connectivity index (χ4v) is 4.01. The van der Waals surface area contributed by atoms with Crippen LogP contribution in [0.15, 0.2) is 72.8 Å². The van der Waals surface area contributed by atoms with Crippen LogP contribution < -0.4 is 4.90 Å². The number of β-lactam (4-membered cyclic amide) rings is 1. The number of amides is 1. The lowest BCUT2D eigenvalue weighted by atomic mass is 9.78. The van der Waals surface area contributed by atoms with E-state index < -0.39 is 23.7 Å². The molecule has 30 heavy (non-hydrogen) atoms. The number of benzene rings is 3. The molecule has 0 aliphatic carbocycles. The monoisotopic (exact) mass is 409 g/mol. The second-order valence-electron chi connectivity index (χ2n) is 7.48. The zero-order valence-corrected chi connectivity index (χ0v) is 16.1. The van der Waals surface area contributed by atoms with E-state index in [4.69, 9.17) is 0 Å². The quantitative estimate of drug-likeness (QED) is 0.570. The molecule has 6 heteroatoms. The van der Waals surface area contributed by atoms with Gasteiger partial charge in [0.15, 0.2) is 0 Å². The number of aliphatic hydroxyl groups is 1. The van der Waals surface area contributed by atoms with Crippen LogP contribution in [-0.2, 0) is 4.79 Å². The van der Waals surface area contributed by atoms with Gasteiger partial charge in [0.25, 0.3) is 0 Å². The molecule has 3 aromatic carbocycles. The highest BCUT2D eigenvalue weighted by atomic mass is 19.1. The highest BCUT2D eigenvalue weighted by Gasteiger charge is 2.48. The molecular formula is C24H21F2NO3. The summed E-state index contributed by atoms with van der Waals surface area (Å²) in [5, 5.41) is 20.0. The van der Waals surface area contributed by atoms with Crippen molar-refractivity contribution in [1.29, 1.82) is 0 Å². The second-order valence-corrected chi connectivity index (χ2v) is 7.48. The Balaban J connectivity index is 1.56. The molecule has 4 rings (SSSR count). The number of halogens is 2. The van der Waals surface area contributed by atoms with E-state index in [0.717, 1.165) is 5.56 Å². The molecule has 1 aliphatic heterocycles. The summed E-state index contributed by atoms with van der Waals surface area (Å²) >= 11 is 0. The normalized spacial score (nSPS) is 19.4. The van der Waals surface area contributed by atoms with Gasteiger partial charge in [-0.25, -0.2) is 8.78 Å². The molecule has 1 heterocycles. The Kier molecular flexibility index (Phi) is 5.50. The number of carbonyl (C=O) groups excluding carboxylic acids is 1. The molecule has 0 unspecified atom stereocenters. The fourth-order valence-electron chi connectivity index (χ4n) is 4.01. The number of phenols is 1. The molecule has 1 saturated heterocycles. The Hall–Kier alpha value is -3.25. The van der Waals surface area contributed by atoms with Crippen molar-refractivity contribution in [2.45, 2.75) is 25.0 Å². The van der Waals surface area contributed by atoms with Gasteiger partial charge in [0.1, 0.15) is 17.4 Å². The minimum Gasteiger partial charge on any atom is -0.508 e. The summed E-state index contributed by atoms with van der Waals surface area (Å²) in [6.07, 6.45) is -0.226. The first-order valence-electron chi connectivity index (χ1n) is 9.75. The van der Waals surface area contributed by atoms with Gasteiger partial charge in [-0.3, -0.25) is 4.79 Å². The molecule has 4 nitrogen and oxygen atoms in total. The van der Waals surface area contributed by atoms with Crippen LogP contribution in [0.3, 0.4) is 0 Å². The number of carbonyl (C=O) groups is 1. The molecule has 1 fully saturated rings. The summed E-state index contributed by atoms with van der Waals surface area (Å²) in [5.41, 5.74) is 1.73. The topological polar surface area (TPSA) is 60.8 Å². The van der Waals surface area contributed by atoms with Crippen LogP contribution in [0.2, 0.25) is 0 Å². The van der Waals surface area contributed by atoms with Gasteiger partial charge in [-0.1, -0.05) is 30.3 Å². The first-order valence-corrected chi connectivity index (χ1v) is 9.75. The molecule has 0 bridgehead atoms. The molecule has 0 spiro atoms. The van der Waals surface area contributed by atoms with Crippen molar-refractivity contribution >= 4 is 11.6 Å². The standard InChI is InChI=1S/C24H21F2NO3/c25-17-4-1-3-16(13-17)22(29)12-11-21-23(15-7-9-20(28)10-8-15)27(24(21)30)19-6-2-5-18(26)14-19/h1-10,13-14,21-23,28-29H,11-12H2/t21-,22+,23-/m1/s1. The van der Waals surface area contributed by atoms with E-state index >= 15 is 0 Å². The van der Waals surface area contributed by atoms with E-state index in [9.17, 15) is 23.8 Å². The van der Waals surface area contributed by atoms with Crippen LogP contribution in [0.25, 0.3) is 0 Å². The van der Waals surface area contributed by atoms with E-state index in [1.165, 1.54) is 35.2 Å². The van der Waals surface area contributed by atoms with Gasteiger partial charge in [0.2, 0.25) is 5.91 Å². The lowest BCUT2D eigenvalue weighted by Crippen LogP contribution is -2.55. The maximum atomic E-state index is 13.7. The van der Waals surface area contributed by atoms with Crippen LogP contribution in [0, 0.1) is 17.6 Å². The summed E-state index contributed by atoms with van der Waals surface area (Å²) in [6.45, 7) is 0. The molecule has 2 N–H and O–H groups in total. The molecule has 3 aromatic rings. The minimum atomic E-state index is -0.891. The maximum absolute atomic E-state index is 13.7. The van der Waals surface area contributed by atoms with Gasteiger partial charge in [-0.2, -0.15) is 0 Å². The molecular weight excluding hydrogens is 388 g/mol. The third-order valence-corrected chi connectivity index (χ3v) is 5.52. The largest absolute Gasteiger partial charge is 0.508 e. The van der Waals surface area contributed by atoms with Crippen molar-refractivity contribution in [2.24, 2.45) is 5.92 Å². The molecule has 0 radical (unpaired) electrons. The summed E-state index contributed by atoms with van der Waals surface area (Å²) < 4.78 is 27.2. The maximum Gasteiger partial charge on any atom is 0.233 e. The van der Waals surface area contributed by atoms with E-state index in [2.05, 4.69) is 0 Å². The Labute approximate surface area is 173 Å². The molecule has 3 atom stereocenters. The van der Waals surface area contributed by atoms with Crippen LogP contribution in [0.4, 0.5) is 14.5 Å². The number of phenolic OH excluding ortho intramolecular Hbond substituents is 1. The van der Waals surface area contributed by atoms with E-state index in [-0.39, 0.29) is 24.1 Å². The van der Waals surface area contributed by atoms with Crippen molar-refractivity contribution in [3.8, 4) is 5.75 Å². The number of aromatic hydroxyl groups is 1. The van der Waals surface area contributed by atoms with Crippen LogP contribution in [0.5, 0.6) is 5.75 Å². The zero-order valence-electron chi connectivity index (χ0n) is 16.1. The van der Waals surface area contributed by atoms with Gasteiger partial charge < -0.3 is 15.1 Å². The van der Waals surface area contributed by atoms with Crippen LogP contribution in [-0.4, -0.2) is 16.1 Å². The highest BCUT2D eigenvalue weighted by Crippen LogP contribution is 2.46. The lowest BCUT2D eigenvalue weighted by Gasteiger charge is -2.48. The molecule has 154 valence electrons. The smallest absolute Gasteiger partial charge is 0.233 e. The summed E-state index contributed by atoms with van der Waals surface area (Å²) in [7, 11) is 0. The Morgan fingerprint density at radius 1 is 0.933 bits per heavy atom. The number of hydrogen-bond acceptors (Lipinski definition) is 3. The Bertz CT molecular complexity index is 1050. The fraction of sp³-hybridized carbons (Fsp3) is 0.208. The van der Waals surface area contributed by atoms with Crippen molar-refractivity contribution < 1.29 is 23.8 Å². The second kappa shape index (κ2) is 8.24. The van der Waals surface area contributed by atoms with E-state index in [1.807, 2.05) is 0 Å². The average molecular weight is 409 g/mol. The first-order chi connectivity index (χ1) is 14.4. The van der Waals surface area contributed by atoms with Gasteiger partial charge in [0.05, 0.1) is 18.1 Å². The summed E-state index contributed by atoms with van der Waals surface area (Å²) in [4.78, 5) is 14.5. The van der Waals surface area contributed by atoms with Crippen molar-refractivity contribution in [3.63, 3.8) is 0 Å². The first kappa shape index (κ1) is 20.0. The summed E-state index contributed by atoms with van der Waals surface area (Å²) in [5.74, 6) is -1.33. The molecule has 1 amide bonds. The highest BCUT2D eigenvalue weighted by molar-refractivity contribution is 6.03. The summed E-state index contributed by atoms with van der Waals surface area (Å²) in [6, 6.07) is 17.8. The Morgan fingerprint density at radius 2 is 1.60 bits per heavy atom. The molecule has 1 aliphatic rings. The van der Waals surface area contributed by atoms with Crippen molar-refractivity contribution in [1.82, 2.24) is 0 Å². The Morgan fingerprint density at radius 3 is 2.27 bits per heavy atom. The molecule has 0 saturated carbocycles. The van der Waals surface area contributed by atoms with Crippen molar-refractivity contribution in [2.75, 3.05) is 4.90 Å². The lowest BCUT2D eigenvalue weighted by molar-refractivity contribution is -0.131. The average Bonchev–Trinajstić information content (AvgIpc) is 2.73. The third-order valence-electron chi connectivity index (χ3n) is 5.52. The van der Waals surface area contributed by atoms with Gasteiger partial charge in [0, 0.05) is 5.69 Å². The van der Waals surface area contributed by atoms with Crippen LogP contribution >= 0.6 is 0 Å². The van der Waals surface area contributed by atoms with Gasteiger partial charge in [-0.05, 0) is 66.4 Å². The zero-order chi connectivity index (χ0) is 21.3. The SMILES string of the molecule is O=C1[C@H](CC[C@H](O)c2cccc(F)c2)[C@@H](c2ccc(O)cc2)N1c1cccc(F)c1. The predicted octanol–water partition coefficient (Wildman–Crippen LogP) is 4.89. The number of nitrogens with zero attached hydrogens (tertiary/aromatic N) is 1. The van der Waals surface area contributed by atoms with Crippen LogP contribution in [0.1, 0.15) is 36.1 Å². The van der Waals surface area contributed by atoms with Gasteiger partial charge >= 0.3 is 0 Å². The van der Waals surface area contributed by atoms with E-state index in [1.54, 1.807) is 42.5 Å². The number of anilines is 1. The minimum absolute atomic E-state index is 0.111.